The van der Waals surface area contributed by atoms with E-state index in [2.05, 4.69) is 15.7 Å². The van der Waals surface area contributed by atoms with Gasteiger partial charge in [0.15, 0.2) is 0 Å². The number of hydrogen-bond acceptors (Lipinski definition) is 5. The van der Waals surface area contributed by atoms with Gasteiger partial charge in [0.25, 0.3) is 15.9 Å². The number of halogens is 3. The van der Waals surface area contributed by atoms with Crippen molar-refractivity contribution in [1.82, 2.24) is 5.32 Å². The normalized spacial score (nSPS) is 14.0. The summed E-state index contributed by atoms with van der Waals surface area (Å²) in [4.78, 5) is 15.2. The predicted molar refractivity (Wildman–Crippen MR) is 121 cm³/mol. The molecule has 0 atom stereocenters. The lowest BCUT2D eigenvalue weighted by molar-refractivity contribution is -0.123. The van der Waals surface area contributed by atoms with Gasteiger partial charge < -0.3 is 10.2 Å². The highest BCUT2D eigenvalue weighted by molar-refractivity contribution is 7.92. The van der Waals surface area contributed by atoms with Crippen LogP contribution in [0.15, 0.2) is 64.9 Å². The first-order valence-corrected chi connectivity index (χ1v) is 12.4. The summed E-state index contributed by atoms with van der Waals surface area (Å²) in [5, 5.41) is 3.78. The van der Waals surface area contributed by atoms with Crippen molar-refractivity contribution in [3.63, 3.8) is 0 Å². The van der Waals surface area contributed by atoms with Crippen molar-refractivity contribution in [3.05, 3.63) is 76.0 Å². The van der Waals surface area contributed by atoms with E-state index in [-0.39, 0.29) is 10.5 Å². The average Bonchev–Trinajstić information content (AvgIpc) is 3.25. The Hall–Kier alpha value is -3.05. The van der Waals surface area contributed by atoms with E-state index in [1.165, 1.54) is 28.6 Å². The number of carbonyl (C=O) groups is 1. The predicted octanol–water partition coefficient (Wildman–Crippen LogP) is 4.40. The zero-order valence-electron chi connectivity index (χ0n) is 17.2. The second-order valence-corrected chi connectivity index (χ2v) is 10.2. The number of benzene rings is 2. The van der Waals surface area contributed by atoms with Crippen LogP contribution in [-0.4, -0.2) is 33.6 Å². The van der Waals surface area contributed by atoms with Gasteiger partial charge in [-0.25, -0.2) is 8.42 Å². The standard InChI is InChI=1S/C22H20F3N3O3S2/c23-22(24,25)14-26-21(29)15-4-3-5-17(12-15)33(30,31)27-18-6-1-2-7-19(18)28-10-8-20-16(13-28)9-11-32-20/h1-7,9,11-12,27H,8,10,13-14H2,(H,26,29). The molecule has 11 heteroatoms. The number of hydrogen-bond donors (Lipinski definition) is 2. The molecule has 1 aromatic heterocycles. The summed E-state index contributed by atoms with van der Waals surface area (Å²) in [5.41, 5.74) is 2.12. The van der Waals surface area contributed by atoms with Gasteiger partial charge in [0.1, 0.15) is 6.54 Å². The highest BCUT2D eigenvalue weighted by atomic mass is 32.2. The van der Waals surface area contributed by atoms with Gasteiger partial charge >= 0.3 is 6.18 Å². The number of nitrogens with one attached hydrogen (secondary N) is 2. The van der Waals surface area contributed by atoms with E-state index in [4.69, 9.17) is 0 Å². The van der Waals surface area contributed by atoms with E-state index < -0.39 is 28.7 Å². The van der Waals surface area contributed by atoms with E-state index >= 15 is 0 Å². The summed E-state index contributed by atoms with van der Waals surface area (Å²) in [5.74, 6) is -1.01. The molecule has 174 valence electrons. The molecule has 4 rings (SSSR count). The van der Waals surface area contributed by atoms with Gasteiger partial charge in [0.05, 0.1) is 16.3 Å². The molecule has 1 aliphatic rings. The summed E-state index contributed by atoms with van der Waals surface area (Å²) < 4.78 is 65.8. The first-order chi connectivity index (χ1) is 15.6. The highest BCUT2D eigenvalue weighted by Gasteiger charge is 2.28. The minimum atomic E-state index is -4.57. The number of carbonyl (C=O) groups excluding carboxylic acids is 1. The van der Waals surface area contributed by atoms with Gasteiger partial charge in [0, 0.05) is 23.5 Å². The molecular formula is C22H20F3N3O3S2. The summed E-state index contributed by atoms with van der Waals surface area (Å²) in [6.07, 6.45) is -3.70. The first-order valence-electron chi connectivity index (χ1n) is 9.99. The van der Waals surface area contributed by atoms with E-state index in [0.717, 1.165) is 24.7 Å². The monoisotopic (exact) mass is 495 g/mol. The number of amides is 1. The Morgan fingerprint density at radius 1 is 1.09 bits per heavy atom. The number of alkyl halides is 3. The van der Waals surface area contributed by atoms with E-state index in [9.17, 15) is 26.4 Å². The molecule has 2 aromatic carbocycles. The van der Waals surface area contributed by atoms with Gasteiger partial charge in [-0.05, 0) is 53.8 Å². The zero-order valence-corrected chi connectivity index (χ0v) is 18.9. The number of fused-ring (bicyclic) bond motifs is 1. The van der Waals surface area contributed by atoms with Crippen LogP contribution >= 0.6 is 11.3 Å². The Bertz CT molecular complexity index is 1270. The van der Waals surface area contributed by atoms with Crippen LogP contribution in [0.3, 0.4) is 0 Å². The van der Waals surface area contributed by atoms with Crippen LogP contribution in [-0.2, 0) is 23.0 Å². The third-order valence-electron chi connectivity index (χ3n) is 5.15. The average molecular weight is 496 g/mol. The van der Waals surface area contributed by atoms with Gasteiger partial charge in [-0.2, -0.15) is 13.2 Å². The van der Waals surface area contributed by atoms with Crippen LogP contribution in [0.4, 0.5) is 24.5 Å². The molecule has 6 nitrogen and oxygen atoms in total. The van der Waals surface area contributed by atoms with Crippen molar-refractivity contribution in [2.45, 2.75) is 24.0 Å². The maximum Gasteiger partial charge on any atom is 0.405 e. The largest absolute Gasteiger partial charge is 0.405 e. The van der Waals surface area contributed by atoms with Crippen molar-refractivity contribution >= 4 is 38.6 Å². The maximum absolute atomic E-state index is 13.0. The lowest BCUT2D eigenvalue weighted by Crippen LogP contribution is -2.33. The number of nitrogens with zero attached hydrogens (tertiary/aromatic N) is 1. The Balaban J connectivity index is 1.55. The third kappa shape index (κ3) is 5.48. The quantitative estimate of drug-likeness (QED) is 0.531. The minimum absolute atomic E-state index is 0.184. The molecule has 0 radical (unpaired) electrons. The maximum atomic E-state index is 13.0. The van der Waals surface area contributed by atoms with E-state index in [1.54, 1.807) is 28.8 Å². The van der Waals surface area contributed by atoms with Crippen LogP contribution in [0.25, 0.3) is 0 Å². The van der Waals surface area contributed by atoms with Gasteiger partial charge in [-0.1, -0.05) is 18.2 Å². The fraction of sp³-hybridized carbons (Fsp3) is 0.227. The molecule has 0 spiro atoms. The third-order valence-corrected chi connectivity index (χ3v) is 7.54. The summed E-state index contributed by atoms with van der Waals surface area (Å²) in [6, 6.07) is 14.0. The van der Waals surface area contributed by atoms with Crippen LogP contribution in [0, 0.1) is 0 Å². The lowest BCUT2D eigenvalue weighted by atomic mass is 10.1. The van der Waals surface area contributed by atoms with Gasteiger partial charge in [-0.3, -0.25) is 9.52 Å². The van der Waals surface area contributed by atoms with Crippen LogP contribution in [0.2, 0.25) is 0 Å². The van der Waals surface area contributed by atoms with Crippen LogP contribution in [0.1, 0.15) is 20.8 Å². The molecule has 0 unspecified atom stereocenters. The molecule has 2 heterocycles. The lowest BCUT2D eigenvalue weighted by Gasteiger charge is -2.30. The fourth-order valence-corrected chi connectivity index (χ4v) is 5.59. The van der Waals surface area contributed by atoms with Crippen molar-refractivity contribution < 1.29 is 26.4 Å². The summed E-state index contributed by atoms with van der Waals surface area (Å²) in [6.45, 7) is -0.107. The topological polar surface area (TPSA) is 78.5 Å². The Kier molecular flexibility index (Phi) is 6.35. The first kappa shape index (κ1) is 23.1. The molecular weight excluding hydrogens is 475 g/mol. The molecule has 1 aliphatic heterocycles. The Labute approximate surface area is 193 Å². The zero-order chi connectivity index (χ0) is 23.6. The van der Waals surface area contributed by atoms with Crippen molar-refractivity contribution in [1.29, 1.82) is 0 Å². The molecule has 0 aliphatic carbocycles. The molecule has 0 saturated carbocycles. The molecule has 0 bridgehead atoms. The molecule has 0 saturated heterocycles. The fourth-order valence-electron chi connectivity index (χ4n) is 3.58. The number of thiophene rings is 1. The molecule has 33 heavy (non-hydrogen) atoms. The molecule has 2 N–H and O–H groups in total. The van der Waals surface area contributed by atoms with Crippen LogP contribution in [0.5, 0.6) is 0 Å². The molecule has 1 amide bonds. The number of sulfonamides is 1. The Morgan fingerprint density at radius 3 is 2.67 bits per heavy atom. The Morgan fingerprint density at radius 2 is 1.88 bits per heavy atom. The highest BCUT2D eigenvalue weighted by Crippen LogP contribution is 2.33. The van der Waals surface area contributed by atoms with Crippen LogP contribution < -0.4 is 14.9 Å². The number of anilines is 2. The minimum Gasteiger partial charge on any atom is -0.365 e. The summed E-state index contributed by atoms with van der Waals surface area (Å²) >= 11 is 1.71. The number of rotatable bonds is 6. The molecule has 3 aromatic rings. The van der Waals surface area contributed by atoms with Crippen molar-refractivity contribution in [2.75, 3.05) is 22.7 Å². The van der Waals surface area contributed by atoms with Crippen molar-refractivity contribution in [2.24, 2.45) is 0 Å². The van der Waals surface area contributed by atoms with Gasteiger partial charge in [0.2, 0.25) is 0 Å². The van der Waals surface area contributed by atoms with Crippen molar-refractivity contribution in [3.8, 4) is 0 Å². The SMILES string of the molecule is O=C(NCC(F)(F)F)c1cccc(S(=O)(=O)Nc2ccccc2N2CCc3sccc3C2)c1. The van der Waals surface area contributed by atoms with E-state index in [0.29, 0.717) is 12.2 Å². The second kappa shape index (κ2) is 9.06. The smallest absolute Gasteiger partial charge is 0.365 e. The molecule has 0 fully saturated rings. The number of para-hydroxylation sites is 2. The summed E-state index contributed by atoms with van der Waals surface area (Å²) in [7, 11) is -4.10. The van der Waals surface area contributed by atoms with E-state index in [1.807, 2.05) is 17.5 Å². The second-order valence-electron chi connectivity index (χ2n) is 7.49. The van der Waals surface area contributed by atoms with Gasteiger partial charge in [-0.15, -0.1) is 11.3 Å².